The summed E-state index contributed by atoms with van der Waals surface area (Å²) in [4.78, 5) is 25.5. The lowest BCUT2D eigenvalue weighted by Gasteiger charge is -2.58. The maximum absolute atomic E-state index is 12.8. The van der Waals surface area contributed by atoms with Crippen molar-refractivity contribution < 1.29 is 38.7 Å². The number of hydrogen-bond donors (Lipinski definition) is 2. The van der Waals surface area contributed by atoms with Crippen LogP contribution in [0.15, 0.2) is 47.6 Å². The minimum absolute atomic E-state index is 0.0311. The van der Waals surface area contributed by atoms with Crippen molar-refractivity contribution in [3.63, 3.8) is 0 Å². The van der Waals surface area contributed by atoms with Crippen LogP contribution in [-0.4, -0.2) is 72.0 Å². The zero-order chi connectivity index (χ0) is 26.8. The number of ether oxygens (including phenoxy) is 4. The third-order valence-corrected chi connectivity index (χ3v) is 8.78. The highest BCUT2D eigenvalue weighted by atomic mass is 16.6. The average Bonchev–Trinajstić information content (AvgIpc) is 3.60. The van der Waals surface area contributed by atoms with Crippen LogP contribution in [0.2, 0.25) is 0 Å². The van der Waals surface area contributed by atoms with Gasteiger partial charge in [0.25, 0.3) is 0 Å². The van der Waals surface area contributed by atoms with E-state index in [0.717, 1.165) is 12.0 Å². The van der Waals surface area contributed by atoms with Crippen molar-refractivity contribution in [1.29, 1.82) is 0 Å². The summed E-state index contributed by atoms with van der Waals surface area (Å²) in [6, 6.07) is 0. The Labute approximate surface area is 219 Å². The van der Waals surface area contributed by atoms with Gasteiger partial charge in [-0.05, 0) is 46.5 Å². The number of hydrogen-bond acceptors (Lipinski definition) is 8. The normalized spacial score (nSPS) is 37.5. The van der Waals surface area contributed by atoms with E-state index in [1.165, 1.54) is 17.7 Å². The predicted octanol–water partition coefficient (Wildman–Crippen LogP) is 3.33. The molecule has 1 saturated carbocycles. The van der Waals surface area contributed by atoms with Crippen molar-refractivity contribution in [2.75, 3.05) is 19.8 Å². The molecule has 0 radical (unpaired) electrons. The van der Waals surface area contributed by atoms with E-state index in [2.05, 4.69) is 19.9 Å². The summed E-state index contributed by atoms with van der Waals surface area (Å²) in [5, 5.41) is 18.5. The Hall–Kier alpha value is -2.26. The SMILES string of the molecule is CC1=C[C@H]2O[C@@H]3C[C@@H](OC(=O)/C=C\C=C\C[C@@H](C)O)[C@](C)([C@@]2(COC(=O)/C=C(\C)CCO)CC1)[C@]31CO1. The smallest absolute Gasteiger partial charge is 0.331 e. The number of carbonyl (C=O) groups is 2. The molecule has 8 nitrogen and oxygen atoms in total. The van der Waals surface area contributed by atoms with Gasteiger partial charge in [-0.2, -0.15) is 0 Å². The molecule has 37 heavy (non-hydrogen) atoms. The van der Waals surface area contributed by atoms with Gasteiger partial charge < -0.3 is 29.2 Å². The fraction of sp³-hybridized carbons (Fsp3) is 0.655. The fourth-order valence-corrected chi connectivity index (χ4v) is 6.49. The fourth-order valence-electron chi connectivity index (χ4n) is 6.49. The average molecular weight is 517 g/mol. The molecule has 4 aliphatic rings. The molecule has 2 heterocycles. The van der Waals surface area contributed by atoms with E-state index in [-0.39, 0.29) is 25.4 Å². The zero-order valence-electron chi connectivity index (χ0n) is 22.3. The number of fused-ring (bicyclic) bond motifs is 2. The van der Waals surface area contributed by atoms with Gasteiger partial charge in [0.2, 0.25) is 0 Å². The molecule has 2 N–H and O–H groups in total. The summed E-state index contributed by atoms with van der Waals surface area (Å²) >= 11 is 0. The zero-order valence-corrected chi connectivity index (χ0v) is 22.3. The summed E-state index contributed by atoms with van der Waals surface area (Å²) in [5.41, 5.74) is 0.137. The van der Waals surface area contributed by atoms with Crippen LogP contribution in [-0.2, 0) is 28.5 Å². The molecule has 0 aromatic carbocycles. The monoisotopic (exact) mass is 516 g/mol. The van der Waals surface area contributed by atoms with Crippen molar-refractivity contribution in [3.8, 4) is 0 Å². The Balaban J connectivity index is 1.59. The predicted molar refractivity (Wildman–Crippen MR) is 136 cm³/mol. The van der Waals surface area contributed by atoms with E-state index < -0.39 is 40.6 Å². The first-order chi connectivity index (χ1) is 17.6. The molecule has 1 spiro atoms. The molecule has 0 amide bonds. The number of allylic oxidation sites excluding steroid dienone is 3. The van der Waals surface area contributed by atoms with Crippen molar-refractivity contribution in [2.45, 2.75) is 89.8 Å². The van der Waals surface area contributed by atoms with Crippen LogP contribution in [0.3, 0.4) is 0 Å². The van der Waals surface area contributed by atoms with Gasteiger partial charge in [0.05, 0.1) is 30.3 Å². The van der Waals surface area contributed by atoms with Crippen LogP contribution in [0.25, 0.3) is 0 Å². The van der Waals surface area contributed by atoms with Gasteiger partial charge in [-0.1, -0.05) is 42.4 Å². The second kappa shape index (κ2) is 10.8. The maximum atomic E-state index is 12.8. The van der Waals surface area contributed by atoms with Crippen LogP contribution in [0.4, 0.5) is 0 Å². The summed E-state index contributed by atoms with van der Waals surface area (Å²) < 4.78 is 24.6. The Bertz CT molecular complexity index is 1000. The molecule has 0 aromatic rings. The molecule has 7 atom stereocenters. The van der Waals surface area contributed by atoms with Gasteiger partial charge >= 0.3 is 11.9 Å². The molecular formula is C29H40O8. The Kier molecular flexibility index (Phi) is 8.14. The van der Waals surface area contributed by atoms with Crippen LogP contribution >= 0.6 is 0 Å². The largest absolute Gasteiger partial charge is 0.462 e. The maximum Gasteiger partial charge on any atom is 0.331 e. The topological polar surface area (TPSA) is 115 Å². The van der Waals surface area contributed by atoms with Crippen molar-refractivity contribution in [1.82, 2.24) is 0 Å². The molecule has 8 heteroatoms. The van der Waals surface area contributed by atoms with E-state index in [1.807, 2.05) is 0 Å². The second-order valence-corrected chi connectivity index (χ2v) is 11.2. The van der Waals surface area contributed by atoms with Gasteiger partial charge in [-0.15, -0.1) is 0 Å². The second-order valence-electron chi connectivity index (χ2n) is 11.2. The van der Waals surface area contributed by atoms with E-state index >= 15 is 0 Å². The highest BCUT2D eigenvalue weighted by Gasteiger charge is 2.83. The summed E-state index contributed by atoms with van der Waals surface area (Å²) in [5.74, 6) is -0.912. The highest BCUT2D eigenvalue weighted by Crippen LogP contribution is 2.72. The van der Waals surface area contributed by atoms with Crippen LogP contribution in [0.1, 0.15) is 59.8 Å². The number of aliphatic hydroxyl groups excluding tert-OH is 2. The van der Waals surface area contributed by atoms with Crippen LogP contribution in [0, 0.1) is 10.8 Å². The molecule has 3 fully saturated rings. The van der Waals surface area contributed by atoms with E-state index in [9.17, 15) is 14.7 Å². The molecule has 4 rings (SSSR count). The molecule has 204 valence electrons. The van der Waals surface area contributed by atoms with E-state index in [1.54, 1.807) is 32.1 Å². The van der Waals surface area contributed by atoms with Gasteiger partial charge in [0.15, 0.2) is 0 Å². The number of rotatable bonds is 10. The summed E-state index contributed by atoms with van der Waals surface area (Å²) in [6.07, 6.45) is 11.6. The third-order valence-electron chi connectivity index (χ3n) is 8.78. The standard InChI is InChI=1S/C29H40O8/c1-19-10-12-28(17-34-26(33)15-20(2)11-13-30)23(14-19)36-24-16-22(27(28,4)29(24)18-35-29)37-25(32)9-7-5-6-8-21(3)31/h5-7,9,14-15,21-24,30-31H,8,10-13,16-18H2,1-4H3/b6-5+,9-7-,20-15+/t21-,22-,23-,24-,27-,28-,29+/m1/s1. The lowest BCUT2D eigenvalue weighted by atomic mass is 9.51. The van der Waals surface area contributed by atoms with E-state index in [4.69, 9.17) is 24.1 Å². The molecular weight excluding hydrogens is 476 g/mol. The van der Waals surface area contributed by atoms with Crippen molar-refractivity contribution >= 4 is 11.9 Å². The Morgan fingerprint density at radius 2 is 2.05 bits per heavy atom. The summed E-state index contributed by atoms with van der Waals surface area (Å²) in [6.45, 7) is 8.27. The first-order valence-electron chi connectivity index (χ1n) is 13.2. The minimum Gasteiger partial charge on any atom is -0.462 e. The highest BCUT2D eigenvalue weighted by molar-refractivity contribution is 5.83. The third kappa shape index (κ3) is 5.09. The Morgan fingerprint density at radius 1 is 1.30 bits per heavy atom. The molecule has 2 bridgehead atoms. The molecule has 0 aromatic heterocycles. The molecule has 2 aliphatic carbocycles. The first-order valence-corrected chi connectivity index (χ1v) is 13.2. The molecule has 2 aliphatic heterocycles. The van der Waals surface area contributed by atoms with Gasteiger partial charge in [0.1, 0.15) is 18.3 Å². The number of carbonyl (C=O) groups excluding carboxylic acids is 2. The van der Waals surface area contributed by atoms with Crippen LogP contribution in [0.5, 0.6) is 0 Å². The minimum atomic E-state index is -0.629. The van der Waals surface area contributed by atoms with Gasteiger partial charge in [-0.25, -0.2) is 9.59 Å². The lowest BCUT2D eigenvalue weighted by Crippen LogP contribution is -2.66. The number of esters is 2. The van der Waals surface area contributed by atoms with Crippen LogP contribution < -0.4 is 0 Å². The van der Waals surface area contributed by atoms with Crippen molar-refractivity contribution in [3.05, 3.63) is 47.6 Å². The molecule has 0 unspecified atom stereocenters. The number of epoxide rings is 1. The lowest BCUT2D eigenvalue weighted by molar-refractivity contribution is -0.232. The van der Waals surface area contributed by atoms with Gasteiger partial charge in [0, 0.05) is 30.6 Å². The quantitative estimate of drug-likeness (QED) is 0.149. The van der Waals surface area contributed by atoms with Gasteiger partial charge in [-0.3, -0.25) is 0 Å². The molecule has 2 saturated heterocycles. The Morgan fingerprint density at radius 3 is 2.73 bits per heavy atom. The summed E-state index contributed by atoms with van der Waals surface area (Å²) in [7, 11) is 0. The first kappa shape index (κ1) is 27.8. The van der Waals surface area contributed by atoms with E-state index in [0.29, 0.717) is 32.3 Å². The van der Waals surface area contributed by atoms with Crippen molar-refractivity contribution in [2.24, 2.45) is 10.8 Å². The number of aliphatic hydroxyl groups is 2.